The van der Waals surface area contributed by atoms with E-state index in [1.807, 2.05) is 19.2 Å². The summed E-state index contributed by atoms with van der Waals surface area (Å²) in [5, 5.41) is 10.4. The van der Waals surface area contributed by atoms with Gasteiger partial charge < -0.3 is 5.32 Å². The number of fused-ring (bicyclic) bond motifs is 1. The van der Waals surface area contributed by atoms with E-state index in [-0.39, 0.29) is 11.9 Å². The lowest BCUT2D eigenvalue weighted by molar-refractivity contribution is 0.529. The summed E-state index contributed by atoms with van der Waals surface area (Å²) in [6.07, 6.45) is 3.63. The first-order chi connectivity index (χ1) is 8.75. The van der Waals surface area contributed by atoms with Crippen LogP contribution in [0.2, 0.25) is 0 Å². The van der Waals surface area contributed by atoms with Gasteiger partial charge in [0.15, 0.2) is 0 Å². The highest BCUT2D eigenvalue weighted by molar-refractivity contribution is 5.35. The third-order valence-corrected chi connectivity index (χ3v) is 3.69. The van der Waals surface area contributed by atoms with Crippen molar-refractivity contribution in [2.45, 2.75) is 32.4 Å². The molecule has 18 heavy (non-hydrogen) atoms. The van der Waals surface area contributed by atoms with Crippen molar-refractivity contribution in [3.05, 3.63) is 52.6 Å². The number of benzene rings is 1. The summed E-state index contributed by atoms with van der Waals surface area (Å²) in [6.45, 7) is 2.77. The van der Waals surface area contributed by atoms with Crippen molar-refractivity contribution in [1.82, 2.24) is 15.5 Å². The van der Waals surface area contributed by atoms with Gasteiger partial charge in [0.05, 0.1) is 6.20 Å². The summed E-state index contributed by atoms with van der Waals surface area (Å²) in [7, 11) is 0. The molecule has 2 aromatic rings. The van der Waals surface area contributed by atoms with E-state index in [0.29, 0.717) is 0 Å². The first-order valence-corrected chi connectivity index (χ1v) is 6.25. The molecule has 1 aliphatic carbocycles. The van der Waals surface area contributed by atoms with Crippen LogP contribution in [-0.4, -0.2) is 10.2 Å². The predicted octanol–water partition coefficient (Wildman–Crippen LogP) is 2.63. The highest BCUT2D eigenvalue weighted by Gasteiger charge is 2.24. The molecule has 0 fully saturated rings. The smallest absolute Gasteiger partial charge is 0.126 e. The molecule has 0 aliphatic heterocycles. The standard InChI is InChI=1S/C14H16FN3/c1-9-10(8-17-18-9)7-16-14-6-5-11-12(14)3-2-4-13(11)15/h2-4,8,14,16H,5-7H2,1H3,(H,17,18). The monoisotopic (exact) mass is 245 g/mol. The lowest BCUT2D eigenvalue weighted by Gasteiger charge is -2.13. The SMILES string of the molecule is Cc1[nH]ncc1CNC1CCc2c(F)cccc21. The lowest BCUT2D eigenvalue weighted by Crippen LogP contribution is -2.18. The van der Waals surface area contributed by atoms with Crippen LogP contribution in [0.4, 0.5) is 4.39 Å². The van der Waals surface area contributed by atoms with Gasteiger partial charge in [-0.3, -0.25) is 5.10 Å². The lowest BCUT2D eigenvalue weighted by atomic mass is 10.1. The summed E-state index contributed by atoms with van der Waals surface area (Å²) < 4.78 is 13.6. The first kappa shape index (κ1) is 11.4. The molecule has 1 aromatic heterocycles. The average Bonchev–Trinajstić information content (AvgIpc) is 2.94. The highest BCUT2D eigenvalue weighted by Crippen LogP contribution is 2.32. The van der Waals surface area contributed by atoms with Gasteiger partial charge in [-0.1, -0.05) is 12.1 Å². The van der Waals surface area contributed by atoms with Crippen LogP contribution in [0.25, 0.3) is 0 Å². The van der Waals surface area contributed by atoms with Crippen LogP contribution >= 0.6 is 0 Å². The van der Waals surface area contributed by atoms with Gasteiger partial charge in [0.25, 0.3) is 0 Å². The van der Waals surface area contributed by atoms with Crippen LogP contribution in [0.5, 0.6) is 0 Å². The molecule has 1 unspecified atom stereocenters. The minimum Gasteiger partial charge on any atom is -0.306 e. The maximum absolute atomic E-state index is 13.6. The number of aromatic amines is 1. The third-order valence-electron chi connectivity index (χ3n) is 3.69. The van der Waals surface area contributed by atoms with Crippen molar-refractivity contribution >= 4 is 0 Å². The predicted molar refractivity (Wildman–Crippen MR) is 67.6 cm³/mol. The van der Waals surface area contributed by atoms with Gasteiger partial charge in [-0.25, -0.2) is 4.39 Å². The van der Waals surface area contributed by atoms with E-state index in [4.69, 9.17) is 0 Å². The molecule has 0 saturated carbocycles. The van der Waals surface area contributed by atoms with E-state index < -0.39 is 0 Å². The average molecular weight is 245 g/mol. The first-order valence-electron chi connectivity index (χ1n) is 6.25. The van der Waals surface area contributed by atoms with Gasteiger partial charge >= 0.3 is 0 Å². The van der Waals surface area contributed by atoms with Crippen molar-refractivity contribution in [1.29, 1.82) is 0 Å². The van der Waals surface area contributed by atoms with Gasteiger partial charge in [0.2, 0.25) is 0 Å². The Hall–Kier alpha value is -1.68. The zero-order chi connectivity index (χ0) is 12.5. The minimum absolute atomic E-state index is 0.0729. The molecule has 3 nitrogen and oxygen atoms in total. The summed E-state index contributed by atoms with van der Waals surface area (Å²) in [5.41, 5.74) is 4.23. The molecule has 0 spiro atoms. The van der Waals surface area contributed by atoms with Crippen LogP contribution in [0.15, 0.2) is 24.4 Å². The number of hydrogen-bond donors (Lipinski definition) is 2. The number of rotatable bonds is 3. The maximum atomic E-state index is 13.6. The van der Waals surface area contributed by atoms with Gasteiger partial charge in [0.1, 0.15) is 5.82 Å². The Labute approximate surface area is 105 Å². The van der Waals surface area contributed by atoms with Gasteiger partial charge in [-0.15, -0.1) is 0 Å². The summed E-state index contributed by atoms with van der Waals surface area (Å²) in [5.74, 6) is -0.0729. The second-order valence-electron chi connectivity index (χ2n) is 4.80. The number of halogens is 1. The summed E-state index contributed by atoms with van der Waals surface area (Å²) in [4.78, 5) is 0. The molecule has 0 amide bonds. The molecule has 2 N–H and O–H groups in total. The molecular formula is C14H16FN3. The Morgan fingerprint density at radius 1 is 1.50 bits per heavy atom. The molecule has 0 radical (unpaired) electrons. The molecule has 0 saturated heterocycles. The fraction of sp³-hybridized carbons (Fsp3) is 0.357. The fourth-order valence-electron chi connectivity index (χ4n) is 2.61. The van der Waals surface area contributed by atoms with Crippen molar-refractivity contribution in [2.75, 3.05) is 0 Å². The van der Waals surface area contributed by atoms with Crippen LogP contribution in [-0.2, 0) is 13.0 Å². The molecule has 94 valence electrons. The Morgan fingerprint density at radius 3 is 3.17 bits per heavy atom. The van der Waals surface area contributed by atoms with Crippen molar-refractivity contribution in [2.24, 2.45) is 0 Å². The number of hydrogen-bond acceptors (Lipinski definition) is 2. The Balaban J connectivity index is 1.74. The van der Waals surface area contributed by atoms with E-state index in [9.17, 15) is 4.39 Å². The molecule has 1 aromatic carbocycles. The van der Waals surface area contributed by atoms with E-state index in [1.54, 1.807) is 12.1 Å². The maximum Gasteiger partial charge on any atom is 0.126 e. The molecule has 4 heteroatoms. The topological polar surface area (TPSA) is 40.7 Å². The highest BCUT2D eigenvalue weighted by atomic mass is 19.1. The second-order valence-corrected chi connectivity index (χ2v) is 4.80. The van der Waals surface area contributed by atoms with Crippen LogP contribution in [0.3, 0.4) is 0 Å². The molecule has 1 atom stereocenters. The fourth-order valence-corrected chi connectivity index (χ4v) is 2.61. The quantitative estimate of drug-likeness (QED) is 0.872. The van der Waals surface area contributed by atoms with E-state index in [1.165, 1.54) is 5.56 Å². The van der Waals surface area contributed by atoms with Crippen LogP contribution in [0, 0.1) is 12.7 Å². The van der Waals surface area contributed by atoms with Crippen molar-refractivity contribution in [3.8, 4) is 0 Å². The van der Waals surface area contributed by atoms with Gasteiger partial charge in [0, 0.05) is 23.8 Å². The van der Waals surface area contributed by atoms with Gasteiger partial charge in [-0.05, 0) is 37.0 Å². The van der Waals surface area contributed by atoms with E-state index in [2.05, 4.69) is 15.5 Å². The van der Waals surface area contributed by atoms with Gasteiger partial charge in [-0.2, -0.15) is 5.10 Å². The number of nitrogens with one attached hydrogen (secondary N) is 2. The molecule has 0 bridgehead atoms. The van der Waals surface area contributed by atoms with Crippen LogP contribution in [0.1, 0.15) is 34.8 Å². The van der Waals surface area contributed by atoms with Crippen molar-refractivity contribution < 1.29 is 4.39 Å². The summed E-state index contributed by atoms with van der Waals surface area (Å²) in [6, 6.07) is 5.61. The Bertz CT molecular complexity index is 562. The largest absolute Gasteiger partial charge is 0.306 e. The normalized spacial score (nSPS) is 18.0. The van der Waals surface area contributed by atoms with Crippen molar-refractivity contribution in [3.63, 3.8) is 0 Å². The van der Waals surface area contributed by atoms with Crippen LogP contribution < -0.4 is 5.32 Å². The summed E-state index contributed by atoms with van der Waals surface area (Å²) >= 11 is 0. The Morgan fingerprint density at radius 2 is 2.39 bits per heavy atom. The number of aryl methyl sites for hydroxylation is 1. The molecule has 1 aliphatic rings. The minimum atomic E-state index is -0.0729. The van der Waals surface area contributed by atoms with E-state index >= 15 is 0 Å². The molecule has 1 heterocycles. The Kier molecular flexibility index (Phi) is 2.88. The number of nitrogens with zero attached hydrogens (tertiary/aromatic N) is 1. The molecule has 3 rings (SSSR count). The van der Waals surface area contributed by atoms with E-state index in [0.717, 1.165) is 36.2 Å². The zero-order valence-electron chi connectivity index (χ0n) is 10.3. The zero-order valence-corrected chi connectivity index (χ0v) is 10.3. The molecular weight excluding hydrogens is 229 g/mol. The second kappa shape index (κ2) is 4.53. The number of aromatic nitrogens is 2. The number of H-pyrrole nitrogens is 1. The third kappa shape index (κ3) is 1.93.